The van der Waals surface area contributed by atoms with Gasteiger partial charge in [-0.15, -0.1) is 0 Å². The Bertz CT molecular complexity index is 1090. The molecular weight excluding hydrogens is 416 g/mol. The summed E-state index contributed by atoms with van der Waals surface area (Å²) in [7, 11) is -7.63. The first kappa shape index (κ1) is 21.4. The zero-order valence-corrected chi connectivity index (χ0v) is 17.5. The molecule has 0 amide bonds. The molecule has 1 aliphatic heterocycles. The fraction of sp³-hybridized carbons (Fsp3) is 0.368. The molecule has 0 N–H and O–H groups in total. The second-order valence-corrected chi connectivity index (χ2v) is 11.0. The molecule has 0 spiro atoms. The average molecular weight is 439 g/mol. The Morgan fingerprint density at radius 3 is 2.14 bits per heavy atom. The number of non-ortho nitro benzene ring substituents is 1. The maximum atomic E-state index is 13.1. The van der Waals surface area contributed by atoms with Crippen LogP contribution in [0, 0.1) is 17.0 Å². The average Bonchev–Trinajstić information content (AvgIpc) is 2.68. The van der Waals surface area contributed by atoms with E-state index in [0.29, 0.717) is 12.8 Å². The maximum Gasteiger partial charge on any atom is 0.269 e. The van der Waals surface area contributed by atoms with Crippen LogP contribution in [0.4, 0.5) is 5.69 Å². The van der Waals surface area contributed by atoms with E-state index in [0.717, 1.165) is 24.1 Å². The van der Waals surface area contributed by atoms with Gasteiger partial charge in [-0.25, -0.2) is 16.8 Å². The largest absolute Gasteiger partial charge is 0.269 e. The first-order chi connectivity index (χ1) is 13.6. The summed E-state index contributed by atoms with van der Waals surface area (Å²) >= 11 is 0. The first-order valence-electron chi connectivity index (χ1n) is 9.17. The third kappa shape index (κ3) is 4.65. The molecule has 1 aliphatic rings. The molecule has 3 rings (SSSR count). The summed E-state index contributed by atoms with van der Waals surface area (Å²) in [6.45, 7) is 2.07. The molecule has 2 aromatic rings. The molecular formula is C19H22N2O6S2. The molecule has 156 valence electrons. The standard InChI is InChI=1S/C19H22N2O6S2/c1-15-5-9-18(10-6-15)28(24,25)14-17-4-2-3-13-20(17)29(26,27)19-11-7-16(8-12-19)21(22)23/h5-12,17H,2-4,13-14H2,1H3. The fourth-order valence-electron chi connectivity index (χ4n) is 3.43. The SMILES string of the molecule is Cc1ccc(S(=O)(=O)CC2CCCCN2S(=O)(=O)c2ccc([N+](=O)[O-])cc2)cc1. The summed E-state index contributed by atoms with van der Waals surface area (Å²) in [6, 6.07) is 10.4. The van der Waals surface area contributed by atoms with Crippen molar-refractivity contribution in [3.8, 4) is 0 Å². The van der Waals surface area contributed by atoms with Crippen LogP contribution < -0.4 is 0 Å². The van der Waals surface area contributed by atoms with Crippen LogP contribution in [0.25, 0.3) is 0 Å². The Morgan fingerprint density at radius 1 is 0.966 bits per heavy atom. The van der Waals surface area contributed by atoms with Gasteiger partial charge in [-0.1, -0.05) is 24.1 Å². The minimum atomic E-state index is -3.97. The van der Waals surface area contributed by atoms with Crippen LogP contribution in [0.15, 0.2) is 58.3 Å². The third-order valence-corrected chi connectivity index (χ3v) is 8.80. The summed E-state index contributed by atoms with van der Waals surface area (Å²) < 4.78 is 53.1. The molecule has 10 heteroatoms. The minimum absolute atomic E-state index is 0.0808. The highest BCUT2D eigenvalue weighted by molar-refractivity contribution is 7.91. The first-order valence-corrected chi connectivity index (χ1v) is 12.3. The zero-order chi connectivity index (χ0) is 21.2. The van der Waals surface area contributed by atoms with Crippen LogP contribution in [0.5, 0.6) is 0 Å². The molecule has 0 aliphatic carbocycles. The highest BCUT2D eigenvalue weighted by atomic mass is 32.2. The number of sulfonamides is 1. The quantitative estimate of drug-likeness (QED) is 0.506. The topological polar surface area (TPSA) is 115 Å². The van der Waals surface area contributed by atoms with E-state index in [9.17, 15) is 26.9 Å². The van der Waals surface area contributed by atoms with Crippen molar-refractivity contribution in [3.05, 3.63) is 64.2 Å². The number of aryl methyl sites for hydroxylation is 1. The maximum absolute atomic E-state index is 13.1. The Hall–Kier alpha value is -2.30. The van der Waals surface area contributed by atoms with Crippen molar-refractivity contribution in [3.63, 3.8) is 0 Å². The Balaban J connectivity index is 1.88. The molecule has 1 unspecified atom stereocenters. The van der Waals surface area contributed by atoms with E-state index in [1.165, 1.54) is 28.6 Å². The summed E-state index contributed by atoms with van der Waals surface area (Å²) in [5.74, 6) is -0.303. The highest BCUT2D eigenvalue weighted by Gasteiger charge is 2.36. The number of sulfone groups is 1. The summed E-state index contributed by atoms with van der Waals surface area (Å²) in [5.41, 5.74) is 0.727. The van der Waals surface area contributed by atoms with Crippen molar-refractivity contribution in [1.82, 2.24) is 4.31 Å². The van der Waals surface area contributed by atoms with Gasteiger partial charge in [-0.3, -0.25) is 10.1 Å². The Labute approximate surface area is 170 Å². The number of piperidine rings is 1. The summed E-state index contributed by atoms with van der Waals surface area (Å²) in [5, 5.41) is 10.8. The van der Waals surface area contributed by atoms with Gasteiger partial charge in [0.15, 0.2) is 9.84 Å². The molecule has 29 heavy (non-hydrogen) atoms. The lowest BCUT2D eigenvalue weighted by Gasteiger charge is -2.34. The van der Waals surface area contributed by atoms with Gasteiger partial charge in [-0.05, 0) is 44.0 Å². The third-order valence-electron chi connectivity index (χ3n) is 5.02. The van der Waals surface area contributed by atoms with Crippen molar-refractivity contribution in [2.45, 2.75) is 42.0 Å². The van der Waals surface area contributed by atoms with Gasteiger partial charge < -0.3 is 0 Å². The van der Waals surface area contributed by atoms with Gasteiger partial charge in [0.1, 0.15) is 0 Å². The lowest BCUT2D eigenvalue weighted by molar-refractivity contribution is -0.384. The Kier molecular flexibility index (Phi) is 6.06. The minimum Gasteiger partial charge on any atom is -0.258 e. The molecule has 0 bridgehead atoms. The molecule has 0 radical (unpaired) electrons. The molecule has 8 nitrogen and oxygen atoms in total. The monoisotopic (exact) mass is 438 g/mol. The predicted molar refractivity (Wildman–Crippen MR) is 108 cm³/mol. The molecule has 1 saturated heterocycles. The van der Waals surface area contributed by atoms with Crippen molar-refractivity contribution < 1.29 is 21.8 Å². The van der Waals surface area contributed by atoms with E-state index in [4.69, 9.17) is 0 Å². The number of rotatable bonds is 6. The van der Waals surface area contributed by atoms with Crippen LogP contribution in [0.3, 0.4) is 0 Å². The number of hydrogen-bond donors (Lipinski definition) is 0. The van der Waals surface area contributed by atoms with Crippen molar-refractivity contribution in [1.29, 1.82) is 0 Å². The van der Waals surface area contributed by atoms with Crippen molar-refractivity contribution in [2.75, 3.05) is 12.3 Å². The Morgan fingerprint density at radius 2 is 1.55 bits per heavy atom. The lowest BCUT2D eigenvalue weighted by Crippen LogP contribution is -2.46. The van der Waals surface area contributed by atoms with Crippen LogP contribution >= 0.6 is 0 Å². The highest BCUT2D eigenvalue weighted by Crippen LogP contribution is 2.28. The van der Waals surface area contributed by atoms with Gasteiger partial charge >= 0.3 is 0 Å². The van der Waals surface area contributed by atoms with Crippen molar-refractivity contribution >= 4 is 25.5 Å². The van der Waals surface area contributed by atoms with E-state index in [1.54, 1.807) is 12.1 Å². The number of benzene rings is 2. The molecule has 0 aromatic heterocycles. The van der Waals surface area contributed by atoms with Crippen LogP contribution in [0.2, 0.25) is 0 Å². The fourth-order valence-corrected chi connectivity index (χ4v) is 6.81. The molecule has 1 heterocycles. The van der Waals surface area contributed by atoms with Gasteiger partial charge in [-0.2, -0.15) is 4.31 Å². The number of hydrogen-bond acceptors (Lipinski definition) is 6. The van der Waals surface area contributed by atoms with Crippen LogP contribution in [0.1, 0.15) is 24.8 Å². The summed E-state index contributed by atoms with van der Waals surface area (Å²) in [4.78, 5) is 10.3. The van der Waals surface area contributed by atoms with E-state index in [-0.39, 0.29) is 27.8 Å². The molecule has 2 aromatic carbocycles. The summed E-state index contributed by atoms with van der Waals surface area (Å²) in [6.07, 6.45) is 1.81. The molecule has 1 fully saturated rings. The smallest absolute Gasteiger partial charge is 0.258 e. The van der Waals surface area contributed by atoms with E-state index in [1.807, 2.05) is 6.92 Å². The molecule has 0 saturated carbocycles. The number of nitro groups is 1. The van der Waals surface area contributed by atoms with E-state index >= 15 is 0 Å². The van der Waals surface area contributed by atoms with E-state index < -0.39 is 30.8 Å². The lowest BCUT2D eigenvalue weighted by atomic mass is 10.1. The predicted octanol–water partition coefficient (Wildman–Crippen LogP) is 2.92. The van der Waals surface area contributed by atoms with Gasteiger partial charge in [0, 0.05) is 24.7 Å². The normalized spacial score (nSPS) is 18.4. The van der Waals surface area contributed by atoms with Crippen LogP contribution in [-0.2, 0) is 19.9 Å². The van der Waals surface area contributed by atoms with Gasteiger partial charge in [0.25, 0.3) is 5.69 Å². The molecule has 1 atom stereocenters. The second kappa shape index (κ2) is 8.21. The zero-order valence-electron chi connectivity index (χ0n) is 15.9. The second-order valence-electron chi connectivity index (χ2n) is 7.11. The number of nitro benzene ring substituents is 1. The van der Waals surface area contributed by atoms with Crippen molar-refractivity contribution in [2.24, 2.45) is 0 Å². The number of nitrogens with zero attached hydrogens (tertiary/aromatic N) is 2. The van der Waals surface area contributed by atoms with Gasteiger partial charge in [0.05, 0.1) is 20.5 Å². The van der Waals surface area contributed by atoms with E-state index in [2.05, 4.69) is 0 Å². The van der Waals surface area contributed by atoms with Gasteiger partial charge in [0.2, 0.25) is 10.0 Å². The van der Waals surface area contributed by atoms with Crippen LogP contribution in [-0.4, -0.2) is 44.4 Å².